The van der Waals surface area contributed by atoms with Crippen molar-refractivity contribution in [1.29, 1.82) is 0 Å². The summed E-state index contributed by atoms with van der Waals surface area (Å²) in [5, 5.41) is 9.01. The van der Waals surface area contributed by atoms with Crippen LogP contribution in [0.15, 0.2) is 29.1 Å². The lowest BCUT2D eigenvalue weighted by molar-refractivity contribution is 0.102. The van der Waals surface area contributed by atoms with E-state index in [1.165, 1.54) is 12.3 Å². The van der Waals surface area contributed by atoms with Gasteiger partial charge >= 0.3 is 0 Å². The fraction of sp³-hybridized carbons (Fsp3) is 0.250. The first-order valence-corrected chi connectivity index (χ1v) is 5.82. The molecule has 0 radical (unpaired) electrons. The van der Waals surface area contributed by atoms with Gasteiger partial charge in [0.2, 0.25) is 0 Å². The number of hydrogen-bond acceptors (Lipinski definition) is 5. The molecule has 0 saturated carbocycles. The zero-order valence-corrected chi connectivity index (χ0v) is 10.3. The highest BCUT2D eigenvalue weighted by Crippen LogP contribution is 2.15. The van der Waals surface area contributed by atoms with Crippen LogP contribution in [0.1, 0.15) is 23.7 Å². The van der Waals surface area contributed by atoms with E-state index in [9.17, 15) is 9.18 Å². The molecular weight excluding hydrogens is 251 g/mol. The quantitative estimate of drug-likeness (QED) is 0.866. The first kappa shape index (κ1) is 13.0. The van der Waals surface area contributed by atoms with Gasteiger partial charge < -0.3 is 15.2 Å². The smallest absolute Gasteiger partial charge is 0.260 e. The molecule has 19 heavy (non-hydrogen) atoms. The molecule has 0 aliphatic rings. The highest BCUT2D eigenvalue weighted by atomic mass is 19.1. The number of nitrogens with one attached hydrogen (secondary N) is 2. The molecule has 2 heterocycles. The summed E-state index contributed by atoms with van der Waals surface area (Å²) in [6.07, 6.45) is 3.25. The van der Waals surface area contributed by atoms with Crippen LogP contribution in [0.4, 0.5) is 16.0 Å². The standard InChI is InChI=1S/C12H13FN4O2/c1-2-4-14-11-9(6-8(13)7-15-11)12(18)16-10-3-5-19-17-10/h3,5-7H,2,4H2,1H3,(H,14,15)(H,16,17,18). The van der Waals surface area contributed by atoms with Crippen molar-refractivity contribution in [3.63, 3.8) is 0 Å². The highest BCUT2D eigenvalue weighted by Gasteiger charge is 2.15. The third-order valence-corrected chi connectivity index (χ3v) is 2.32. The van der Waals surface area contributed by atoms with Gasteiger partial charge in [0.05, 0.1) is 11.8 Å². The second kappa shape index (κ2) is 5.94. The molecular formula is C12H13FN4O2. The van der Waals surface area contributed by atoms with Crippen LogP contribution in [0, 0.1) is 5.82 Å². The van der Waals surface area contributed by atoms with Crippen molar-refractivity contribution in [2.75, 3.05) is 17.2 Å². The minimum Gasteiger partial charge on any atom is -0.369 e. The lowest BCUT2D eigenvalue weighted by Gasteiger charge is -2.09. The fourth-order valence-corrected chi connectivity index (χ4v) is 1.46. The van der Waals surface area contributed by atoms with Crippen molar-refractivity contribution in [2.24, 2.45) is 0 Å². The Morgan fingerprint density at radius 2 is 2.37 bits per heavy atom. The van der Waals surface area contributed by atoms with E-state index < -0.39 is 11.7 Å². The summed E-state index contributed by atoms with van der Waals surface area (Å²) in [5.41, 5.74) is 0.122. The molecule has 0 saturated heterocycles. The van der Waals surface area contributed by atoms with Gasteiger partial charge in [-0.2, -0.15) is 0 Å². The molecule has 2 N–H and O–H groups in total. The van der Waals surface area contributed by atoms with E-state index in [2.05, 4.69) is 25.3 Å². The minimum absolute atomic E-state index is 0.122. The van der Waals surface area contributed by atoms with Crippen LogP contribution in [-0.2, 0) is 0 Å². The minimum atomic E-state index is -0.577. The van der Waals surface area contributed by atoms with Gasteiger partial charge in [-0.05, 0) is 12.5 Å². The van der Waals surface area contributed by atoms with Crippen molar-refractivity contribution < 1.29 is 13.7 Å². The zero-order chi connectivity index (χ0) is 13.7. The Labute approximate surface area is 109 Å². The molecule has 6 nitrogen and oxygen atoms in total. The molecule has 0 unspecified atom stereocenters. The van der Waals surface area contributed by atoms with Gasteiger partial charge in [0.1, 0.15) is 17.9 Å². The summed E-state index contributed by atoms with van der Waals surface area (Å²) in [5.74, 6) is -0.480. The van der Waals surface area contributed by atoms with Gasteiger partial charge in [-0.1, -0.05) is 12.1 Å². The van der Waals surface area contributed by atoms with Crippen molar-refractivity contribution in [3.8, 4) is 0 Å². The molecule has 2 aromatic rings. The topological polar surface area (TPSA) is 80.0 Å². The van der Waals surface area contributed by atoms with Crippen LogP contribution in [-0.4, -0.2) is 22.6 Å². The molecule has 0 fully saturated rings. The number of halogens is 1. The Morgan fingerprint density at radius 1 is 1.53 bits per heavy atom. The predicted molar refractivity (Wildman–Crippen MR) is 67.4 cm³/mol. The number of pyridine rings is 1. The summed E-state index contributed by atoms with van der Waals surface area (Å²) < 4.78 is 17.8. The van der Waals surface area contributed by atoms with Gasteiger partial charge in [-0.3, -0.25) is 4.79 Å². The molecule has 1 amide bonds. The average Bonchev–Trinajstić information content (AvgIpc) is 2.90. The number of carbonyl (C=O) groups is 1. The predicted octanol–water partition coefficient (Wildman–Crippen LogP) is 2.28. The van der Waals surface area contributed by atoms with Gasteiger partial charge in [0.15, 0.2) is 5.82 Å². The van der Waals surface area contributed by atoms with Crippen LogP contribution < -0.4 is 10.6 Å². The van der Waals surface area contributed by atoms with Gasteiger partial charge in [0, 0.05) is 12.6 Å². The molecule has 0 aromatic carbocycles. The molecule has 0 aliphatic carbocycles. The summed E-state index contributed by atoms with van der Waals surface area (Å²) in [7, 11) is 0. The highest BCUT2D eigenvalue weighted by molar-refractivity contribution is 6.06. The van der Waals surface area contributed by atoms with E-state index in [1.807, 2.05) is 6.92 Å². The van der Waals surface area contributed by atoms with Crippen molar-refractivity contribution >= 4 is 17.5 Å². The summed E-state index contributed by atoms with van der Waals surface area (Å²) >= 11 is 0. The van der Waals surface area contributed by atoms with E-state index in [0.717, 1.165) is 18.7 Å². The van der Waals surface area contributed by atoms with Crippen LogP contribution in [0.25, 0.3) is 0 Å². The van der Waals surface area contributed by atoms with E-state index in [1.54, 1.807) is 0 Å². The maximum Gasteiger partial charge on any atom is 0.260 e. The summed E-state index contributed by atoms with van der Waals surface area (Å²) in [4.78, 5) is 15.9. The number of amides is 1. The van der Waals surface area contributed by atoms with Crippen molar-refractivity contribution in [3.05, 3.63) is 36.0 Å². The molecule has 0 atom stereocenters. The second-order valence-corrected chi connectivity index (χ2v) is 3.82. The number of rotatable bonds is 5. The molecule has 0 bridgehead atoms. The number of carbonyl (C=O) groups excluding carboxylic acids is 1. The molecule has 100 valence electrons. The normalized spacial score (nSPS) is 10.2. The Hall–Kier alpha value is -2.44. The SMILES string of the molecule is CCCNc1ncc(F)cc1C(=O)Nc1ccon1. The maximum absolute atomic E-state index is 13.2. The van der Waals surface area contributed by atoms with Crippen molar-refractivity contribution in [1.82, 2.24) is 10.1 Å². The first-order chi connectivity index (χ1) is 9.20. The first-order valence-electron chi connectivity index (χ1n) is 5.82. The van der Waals surface area contributed by atoms with E-state index >= 15 is 0 Å². The fourth-order valence-electron chi connectivity index (χ4n) is 1.46. The van der Waals surface area contributed by atoms with Gasteiger partial charge in [0.25, 0.3) is 5.91 Å². The number of anilines is 2. The van der Waals surface area contributed by atoms with E-state index in [0.29, 0.717) is 12.4 Å². The second-order valence-electron chi connectivity index (χ2n) is 3.82. The monoisotopic (exact) mass is 264 g/mol. The molecule has 0 aliphatic heterocycles. The summed E-state index contributed by atoms with van der Waals surface area (Å²) in [6.45, 7) is 2.62. The van der Waals surface area contributed by atoms with Crippen LogP contribution in [0.5, 0.6) is 0 Å². The molecule has 0 spiro atoms. The van der Waals surface area contributed by atoms with Gasteiger partial charge in [-0.15, -0.1) is 0 Å². The van der Waals surface area contributed by atoms with Gasteiger partial charge in [-0.25, -0.2) is 9.37 Å². The molecule has 2 rings (SSSR count). The number of aromatic nitrogens is 2. The third-order valence-electron chi connectivity index (χ3n) is 2.32. The lowest BCUT2D eigenvalue weighted by atomic mass is 10.2. The Bertz CT molecular complexity index is 557. The van der Waals surface area contributed by atoms with Crippen LogP contribution >= 0.6 is 0 Å². The molecule has 7 heteroatoms. The number of nitrogens with zero attached hydrogens (tertiary/aromatic N) is 2. The zero-order valence-electron chi connectivity index (χ0n) is 10.3. The number of hydrogen-bond donors (Lipinski definition) is 2. The Balaban J connectivity index is 2.21. The average molecular weight is 264 g/mol. The Morgan fingerprint density at radius 3 is 3.05 bits per heavy atom. The van der Waals surface area contributed by atoms with Crippen molar-refractivity contribution in [2.45, 2.75) is 13.3 Å². The van der Waals surface area contributed by atoms with E-state index in [4.69, 9.17) is 0 Å². The van der Waals surface area contributed by atoms with Crippen LogP contribution in [0.3, 0.4) is 0 Å². The third kappa shape index (κ3) is 3.27. The maximum atomic E-state index is 13.2. The largest absolute Gasteiger partial charge is 0.369 e. The molecule has 2 aromatic heterocycles. The van der Waals surface area contributed by atoms with Crippen LogP contribution in [0.2, 0.25) is 0 Å². The summed E-state index contributed by atoms with van der Waals surface area (Å²) in [6, 6.07) is 2.62. The lowest BCUT2D eigenvalue weighted by Crippen LogP contribution is -2.16. The Kier molecular flexibility index (Phi) is 4.07. The van der Waals surface area contributed by atoms with E-state index in [-0.39, 0.29) is 11.4 Å².